The normalized spacial score (nSPS) is 9.58. The average Bonchev–Trinajstić information content (AvgIpc) is 2.09. The van der Waals surface area contributed by atoms with Gasteiger partial charge in [0.2, 0.25) is 0 Å². The predicted octanol–water partition coefficient (Wildman–Crippen LogP) is 2.38. The SMILES string of the molecule is CCOc1ccc(S)c(OC)c1. The van der Waals surface area contributed by atoms with Crippen LogP contribution in [0.1, 0.15) is 6.92 Å². The fourth-order valence-electron chi connectivity index (χ4n) is 0.914. The quantitative estimate of drug-likeness (QED) is 0.727. The van der Waals surface area contributed by atoms with E-state index in [-0.39, 0.29) is 0 Å². The Bertz CT molecular complexity index is 261. The summed E-state index contributed by atoms with van der Waals surface area (Å²) in [6.07, 6.45) is 0. The van der Waals surface area contributed by atoms with Crippen LogP contribution in [0.5, 0.6) is 11.5 Å². The molecule has 0 saturated heterocycles. The van der Waals surface area contributed by atoms with E-state index in [1.54, 1.807) is 7.11 Å². The second kappa shape index (κ2) is 4.26. The van der Waals surface area contributed by atoms with Gasteiger partial charge in [-0.05, 0) is 19.1 Å². The van der Waals surface area contributed by atoms with Crippen molar-refractivity contribution in [2.24, 2.45) is 0 Å². The molecule has 66 valence electrons. The molecule has 0 aliphatic rings. The highest BCUT2D eigenvalue weighted by molar-refractivity contribution is 7.80. The molecular weight excluding hydrogens is 172 g/mol. The number of thiol groups is 1. The Balaban J connectivity index is 2.89. The zero-order valence-corrected chi connectivity index (χ0v) is 8.10. The number of methoxy groups -OCH3 is 1. The third-order valence-corrected chi connectivity index (χ3v) is 1.83. The van der Waals surface area contributed by atoms with E-state index in [9.17, 15) is 0 Å². The van der Waals surface area contributed by atoms with E-state index in [1.807, 2.05) is 25.1 Å². The molecule has 0 radical (unpaired) electrons. The first-order valence-electron chi connectivity index (χ1n) is 3.77. The lowest BCUT2D eigenvalue weighted by atomic mass is 10.3. The maximum atomic E-state index is 5.29. The van der Waals surface area contributed by atoms with Crippen LogP contribution in [0, 0.1) is 0 Å². The van der Waals surface area contributed by atoms with Crippen LogP contribution in [-0.4, -0.2) is 13.7 Å². The molecule has 0 atom stereocenters. The maximum Gasteiger partial charge on any atom is 0.135 e. The second-order valence-corrected chi connectivity index (χ2v) is 2.75. The van der Waals surface area contributed by atoms with Crippen molar-refractivity contribution in [3.8, 4) is 11.5 Å². The summed E-state index contributed by atoms with van der Waals surface area (Å²) in [6.45, 7) is 2.61. The van der Waals surface area contributed by atoms with Gasteiger partial charge in [-0.3, -0.25) is 0 Å². The number of rotatable bonds is 3. The van der Waals surface area contributed by atoms with Gasteiger partial charge in [0.05, 0.1) is 13.7 Å². The van der Waals surface area contributed by atoms with Crippen molar-refractivity contribution in [3.63, 3.8) is 0 Å². The minimum atomic E-state index is 0.662. The van der Waals surface area contributed by atoms with Gasteiger partial charge in [0, 0.05) is 11.0 Å². The second-order valence-electron chi connectivity index (χ2n) is 2.27. The molecule has 1 aromatic carbocycles. The van der Waals surface area contributed by atoms with Crippen molar-refractivity contribution >= 4 is 12.6 Å². The first-order chi connectivity index (χ1) is 5.77. The zero-order chi connectivity index (χ0) is 8.97. The Morgan fingerprint density at radius 3 is 2.75 bits per heavy atom. The fraction of sp³-hybridized carbons (Fsp3) is 0.333. The molecular formula is C9H12O2S. The highest BCUT2D eigenvalue weighted by Crippen LogP contribution is 2.26. The molecule has 0 amide bonds. The van der Waals surface area contributed by atoms with E-state index in [0.29, 0.717) is 6.61 Å². The third kappa shape index (κ3) is 2.08. The number of ether oxygens (including phenoxy) is 2. The number of hydrogen-bond donors (Lipinski definition) is 1. The first-order valence-corrected chi connectivity index (χ1v) is 4.22. The summed E-state index contributed by atoms with van der Waals surface area (Å²) < 4.78 is 10.4. The molecule has 1 aromatic rings. The van der Waals surface area contributed by atoms with E-state index in [1.165, 1.54) is 0 Å². The first kappa shape index (κ1) is 9.26. The summed E-state index contributed by atoms with van der Waals surface area (Å²) in [6, 6.07) is 5.55. The molecule has 0 aliphatic heterocycles. The molecule has 0 heterocycles. The van der Waals surface area contributed by atoms with Crippen LogP contribution in [0.25, 0.3) is 0 Å². The summed E-state index contributed by atoms with van der Waals surface area (Å²) in [4.78, 5) is 0.820. The molecule has 0 unspecified atom stereocenters. The van der Waals surface area contributed by atoms with E-state index >= 15 is 0 Å². The van der Waals surface area contributed by atoms with E-state index in [4.69, 9.17) is 9.47 Å². The molecule has 0 bridgehead atoms. The van der Waals surface area contributed by atoms with Gasteiger partial charge in [-0.25, -0.2) is 0 Å². The van der Waals surface area contributed by atoms with Gasteiger partial charge in [-0.1, -0.05) is 0 Å². The molecule has 0 spiro atoms. The molecule has 12 heavy (non-hydrogen) atoms. The Morgan fingerprint density at radius 1 is 1.42 bits per heavy atom. The van der Waals surface area contributed by atoms with Crippen LogP contribution >= 0.6 is 12.6 Å². The Morgan fingerprint density at radius 2 is 2.17 bits per heavy atom. The Labute approximate surface area is 77.9 Å². The van der Waals surface area contributed by atoms with Gasteiger partial charge in [0.15, 0.2) is 0 Å². The monoisotopic (exact) mass is 184 g/mol. The largest absolute Gasteiger partial charge is 0.495 e. The van der Waals surface area contributed by atoms with Gasteiger partial charge < -0.3 is 9.47 Å². The Hall–Kier alpha value is -0.830. The molecule has 3 heteroatoms. The van der Waals surface area contributed by atoms with Crippen molar-refractivity contribution in [1.82, 2.24) is 0 Å². The predicted molar refractivity (Wildman–Crippen MR) is 51.4 cm³/mol. The lowest BCUT2D eigenvalue weighted by molar-refractivity contribution is 0.335. The average molecular weight is 184 g/mol. The van der Waals surface area contributed by atoms with Crippen molar-refractivity contribution in [2.75, 3.05) is 13.7 Å². The van der Waals surface area contributed by atoms with E-state index in [2.05, 4.69) is 12.6 Å². The topological polar surface area (TPSA) is 18.5 Å². The Kier molecular flexibility index (Phi) is 3.29. The van der Waals surface area contributed by atoms with E-state index in [0.717, 1.165) is 16.4 Å². The van der Waals surface area contributed by atoms with Crippen molar-refractivity contribution < 1.29 is 9.47 Å². The van der Waals surface area contributed by atoms with E-state index < -0.39 is 0 Å². The third-order valence-electron chi connectivity index (χ3n) is 1.46. The molecule has 0 aromatic heterocycles. The van der Waals surface area contributed by atoms with Crippen LogP contribution in [0.4, 0.5) is 0 Å². The lowest BCUT2D eigenvalue weighted by Crippen LogP contribution is -1.92. The number of benzene rings is 1. The molecule has 0 fully saturated rings. The molecule has 1 rings (SSSR count). The summed E-state index contributed by atoms with van der Waals surface area (Å²) in [5.41, 5.74) is 0. The van der Waals surface area contributed by atoms with Gasteiger partial charge in [-0.15, -0.1) is 12.6 Å². The fourth-order valence-corrected chi connectivity index (χ4v) is 1.14. The molecule has 0 N–H and O–H groups in total. The van der Waals surface area contributed by atoms with Crippen LogP contribution < -0.4 is 9.47 Å². The van der Waals surface area contributed by atoms with Gasteiger partial charge in [0.25, 0.3) is 0 Å². The summed E-state index contributed by atoms with van der Waals surface area (Å²) in [5.74, 6) is 1.55. The highest BCUT2D eigenvalue weighted by Gasteiger charge is 2.00. The minimum absolute atomic E-state index is 0.662. The highest BCUT2D eigenvalue weighted by atomic mass is 32.1. The van der Waals surface area contributed by atoms with Gasteiger partial charge in [0.1, 0.15) is 11.5 Å². The van der Waals surface area contributed by atoms with Gasteiger partial charge in [-0.2, -0.15) is 0 Å². The van der Waals surface area contributed by atoms with Crippen molar-refractivity contribution in [1.29, 1.82) is 0 Å². The lowest BCUT2D eigenvalue weighted by Gasteiger charge is -2.06. The number of hydrogen-bond acceptors (Lipinski definition) is 3. The van der Waals surface area contributed by atoms with Crippen LogP contribution in [0.15, 0.2) is 23.1 Å². The minimum Gasteiger partial charge on any atom is -0.495 e. The summed E-state index contributed by atoms with van der Waals surface area (Å²) in [5, 5.41) is 0. The smallest absolute Gasteiger partial charge is 0.135 e. The summed E-state index contributed by atoms with van der Waals surface area (Å²) in [7, 11) is 1.62. The van der Waals surface area contributed by atoms with Crippen LogP contribution in [0.3, 0.4) is 0 Å². The van der Waals surface area contributed by atoms with Crippen LogP contribution in [-0.2, 0) is 0 Å². The summed E-state index contributed by atoms with van der Waals surface area (Å²) >= 11 is 4.21. The molecule has 0 aliphatic carbocycles. The standard InChI is InChI=1S/C9H12O2S/c1-3-11-7-4-5-9(12)8(6-7)10-2/h4-6,12H,3H2,1-2H3. The maximum absolute atomic E-state index is 5.29. The molecule has 0 saturated carbocycles. The van der Waals surface area contributed by atoms with Crippen molar-refractivity contribution in [3.05, 3.63) is 18.2 Å². The van der Waals surface area contributed by atoms with Crippen LogP contribution in [0.2, 0.25) is 0 Å². The van der Waals surface area contributed by atoms with Gasteiger partial charge >= 0.3 is 0 Å². The zero-order valence-electron chi connectivity index (χ0n) is 7.20. The molecule has 2 nitrogen and oxygen atoms in total. The van der Waals surface area contributed by atoms with Crippen molar-refractivity contribution in [2.45, 2.75) is 11.8 Å².